The molecule has 1 aromatic rings. The van der Waals surface area contributed by atoms with E-state index in [0.717, 1.165) is 32.4 Å². The van der Waals surface area contributed by atoms with Gasteiger partial charge in [-0.2, -0.15) is 0 Å². The molecule has 0 amide bonds. The van der Waals surface area contributed by atoms with Crippen molar-refractivity contribution in [3.63, 3.8) is 0 Å². The van der Waals surface area contributed by atoms with E-state index >= 15 is 0 Å². The van der Waals surface area contributed by atoms with Crippen LogP contribution in [0.4, 0.5) is 0 Å². The third kappa shape index (κ3) is 3.72. The standard InChI is InChI=1S/C13H17NO2.ClH/c15-13(16)12-7-4-9-14(12)10-8-11-5-2-1-3-6-11;/h1-3,5-6,12H,4,7-10H2,(H,15,16);1H. The first kappa shape index (κ1) is 14.0. The smallest absolute Gasteiger partial charge is 0.320 e. The Bertz CT molecular complexity index is 356. The monoisotopic (exact) mass is 255 g/mol. The zero-order valence-corrected chi connectivity index (χ0v) is 10.5. The molecule has 2 rings (SSSR count). The van der Waals surface area contributed by atoms with Gasteiger partial charge in [0, 0.05) is 6.54 Å². The second kappa shape index (κ2) is 6.62. The van der Waals surface area contributed by atoms with Crippen LogP contribution in [0.1, 0.15) is 18.4 Å². The number of carboxylic acids is 1. The first-order chi connectivity index (χ1) is 7.77. The van der Waals surface area contributed by atoms with Crippen molar-refractivity contribution in [2.24, 2.45) is 0 Å². The molecule has 1 heterocycles. The van der Waals surface area contributed by atoms with Gasteiger partial charge in [-0.05, 0) is 31.4 Å². The predicted molar refractivity (Wildman–Crippen MR) is 69.6 cm³/mol. The number of carboxylic acid groups (broad SMARTS) is 1. The summed E-state index contributed by atoms with van der Waals surface area (Å²) in [5.74, 6) is -0.675. The van der Waals surface area contributed by atoms with Gasteiger partial charge in [0.15, 0.2) is 0 Å². The van der Waals surface area contributed by atoms with Crippen LogP contribution in [0.5, 0.6) is 0 Å². The lowest BCUT2D eigenvalue weighted by molar-refractivity contribution is -0.142. The molecule has 0 aliphatic carbocycles. The summed E-state index contributed by atoms with van der Waals surface area (Å²) in [5, 5.41) is 9.04. The molecule has 0 saturated carbocycles. The van der Waals surface area contributed by atoms with Gasteiger partial charge in [-0.25, -0.2) is 0 Å². The molecule has 4 heteroatoms. The molecule has 0 radical (unpaired) electrons. The summed E-state index contributed by atoms with van der Waals surface area (Å²) in [6.45, 7) is 1.77. The fourth-order valence-electron chi connectivity index (χ4n) is 2.29. The van der Waals surface area contributed by atoms with E-state index in [1.165, 1.54) is 5.56 Å². The largest absolute Gasteiger partial charge is 0.480 e. The number of rotatable bonds is 4. The molecule has 1 atom stereocenters. The zero-order chi connectivity index (χ0) is 11.4. The van der Waals surface area contributed by atoms with Crippen LogP contribution in [0, 0.1) is 0 Å². The Labute approximate surface area is 108 Å². The fourth-order valence-corrected chi connectivity index (χ4v) is 2.29. The number of halogens is 1. The quantitative estimate of drug-likeness (QED) is 0.897. The van der Waals surface area contributed by atoms with E-state index in [0.29, 0.717) is 0 Å². The highest BCUT2D eigenvalue weighted by Gasteiger charge is 2.29. The van der Waals surface area contributed by atoms with Crippen molar-refractivity contribution in [2.75, 3.05) is 13.1 Å². The highest BCUT2D eigenvalue weighted by molar-refractivity contribution is 5.85. The van der Waals surface area contributed by atoms with Gasteiger partial charge >= 0.3 is 5.97 Å². The lowest BCUT2D eigenvalue weighted by atomic mass is 10.1. The molecule has 1 N–H and O–H groups in total. The number of carbonyl (C=O) groups is 1. The average molecular weight is 256 g/mol. The maximum atomic E-state index is 11.0. The number of hydrogen-bond acceptors (Lipinski definition) is 2. The van der Waals surface area contributed by atoms with Crippen molar-refractivity contribution >= 4 is 18.4 Å². The second-order valence-electron chi connectivity index (χ2n) is 4.27. The molecule has 0 spiro atoms. The van der Waals surface area contributed by atoms with E-state index in [-0.39, 0.29) is 18.4 Å². The van der Waals surface area contributed by atoms with Crippen molar-refractivity contribution in [1.82, 2.24) is 4.90 Å². The maximum Gasteiger partial charge on any atom is 0.320 e. The molecule has 3 nitrogen and oxygen atoms in total. The van der Waals surface area contributed by atoms with E-state index in [9.17, 15) is 4.79 Å². The van der Waals surface area contributed by atoms with Gasteiger partial charge in [0.25, 0.3) is 0 Å². The second-order valence-corrected chi connectivity index (χ2v) is 4.27. The van der Waals surface area contributed by atoms with Crippen LogP contribution in [0.2, 0.25) is 0 Å². The Balaban J connectivity index is 0.00000144. The summed E-state index contributed by atoms with van der Waals surface area (Å²) in [4.78, 5) is 13.1. The van der Waals surface area contributed by atoms with E-state index in [1.807, 2.05) is 18.2 Å². The summed E-state index contributed by atoms with van der Waals surface area (Å²) in [5.41, 5.74) is 1.28. The van der Waals surface area contributed by atoms with E-state index < -0.39 is 5.97 Å². The topological polar surface area (TPSA) is 40.5 Å². The first-order valence-electron chi connectivity index (χ1n) is 5.78. The van der Waals surface area contributed by atoms with Crippen molar-refractivity contribution in [3.05, 3.63) is 35.9 Å². The Morgan fingerprint density at radius 1 is 1.35 bits per heavy atom. The molecule has 17 heavy (non-hydrogen) atoms. The summed E-state index contributed by atoms with van der Waals surface area (Å²) >= 11 is 0. The van der Waals surface area contributed by atoms with Crippen LogP contribution in [0.3, 0.4) is 0 Å². The Hall–Kier alpha value is -1.06. The number of likely N-dealkylation sites (tertiary alicyclic amines) is 1. The van der Waals surface area contributed by atoms with Crippen LogP contribution in [0.25, 0.3) is 0 Å². The van der Waals surface area contributed by atoms with Crippen LogP contribution in [-0.2, 0) is 11.2 Å². The van der Waals surface area contributed by atoms with E-state index in [1.54, 1.807) is 0 Å². The van der Waals surface area contributed by atoms with Gasteiger partial charge in [0.05, 0.1) is 0 Å². The molecule has 1 unspecified atom stereocenters. The van der Waals surface area contributed by atoms with Gasteiger partial charge in [-0.3, -0.25) is 9.69 Å². The van der Waals surface area contributed by atoms with Crippen LogP contribution in [-0.4, -0.2) is 35.1 Å². The van der Waals surface area contributed by atoms with Crippen molar-refractivity contribution in [3.8, 4) is 0 Å². The van der Waals surface area contributed by atoms with Crippen molar-refractivity contribution in [1.29, 1.82) is 0 Å². The van der Waals surface area contributed by atoms with Gasteiger partial charge in [0.1, 0.15) is 6.04 Å². The van der Waals surface area contributed by atoms with Gasteiger partial charge in [-0.15, -0.1) is 12.4 Å². The molecule has 0 aromatic heterocycles. The lowest BCUT2D eigenvalue weighted by Crippen LogP contribution is -2.37. The number of hydrogen-bond donors (Lipinski definition) is 1. The number of benzene rings is 1. The molecule has 1 aromatic carbocycles. The third-order valence-electron chi connectivity index (χ3n) is 3.18. The summed E-state index contributed by atoms with van der Waals surface area (Å²) < 4.78 is 0. The fraction of sp³-hybridized carbons (Fsp3) is 0.462. The van der Waals surface area contributed by atoms with E-state index in [2.05, 4.69) is 17.0 Å². The molecule has 0 bridgehead atoms. The van der Waals surface area contributed by atoms with E-state index in [4.69, 9.17) is 5.11 Å². The van der Waals surface area contributed by atoms with Gasteiger partial charge in [0.2, 0.25) is 0 Å². The van der Waals surface area contributed by atoms with Gasteiger partial charge < -0.3 is 5.11 Å². The van der Waals surface area contributed by atoms with Crippen LogP contribution >= 0.6 is 12.4 Å². The summed E-state index contributed by atoms with van der Waals surface area (Å²) in [6, 6.07) is 9.96. The molecular formula is C13H18ClNO2. The predicted octanol–water partition coefficient (Wildman–Crippen LogP) is 2.20. The SMILES string of the molecule is Cl.O=C(O)C1CCCN1CCc1ccccc1. The highest BCUT2D eigenvalue weighted by atomic mass is 35.5. The summed E-state index contributed by atoms with van der Waals surface area (Å²) in [7, 11) is 0. The molecule has 1 aliphatic heterocycles. The summed E-state index contributed by atoms with van der Waals surface area (Å²) in [6.07, 6.45) is 2.74. The first-order valence-corrected chi connectivity index (χ1v) is 5.78. The number of nitrogens with zero attached hydrogens (tertiary/aromatic N) is 1. The minimum atomic E-state index is -0.675. The number of aliphatic carboxylic acids is 1. The molecular weight excluding hydrogens is 238 g/mol. The molecule has 1 aliphatic rings. The Kier molecular flexibility index (Phi) is 5.45. The Morgan fingerprint density at radius 2 is 2.06 bits per heavy atom. The van der Waals surface area contributed by atoms with Crippen molar-refractivity contribution in [2.45, 2.75) is 25.3 Å². The third-order valence-corrected chi connectivity index (χ3v) is 3.18. The molecule has 1 fully saturated rings. The zero-order valence-electron chi connectivity index (χ0n) is 9.71. The average Bonchev–Trinajstić information content (AvgIpc) is 2.76. The van der Waals surface area contributed by atoms with Crippen LogP contribution in [0.15, 0.2) is 30.3 Å². The molecule has 94 valence electrons. The van der Waals surface area contributed by atoms with Gasteiger partial charge in [-0.1, -0.05) is 30.3 Å². The Morgan fingerprint density at radius 3 is 2.71 bits per heavy atom. The minimum absolute atomic E-state index is 0. The highest BCUT2D eigenvalue weighted by Crippen LogP contribution is 2.17. The van der Waals surface area contributed by atoms with Crippen molar-refractivity contribution < 1.29 is 9.90 Å². The maximum absolute atomic E-state index is 11.0. The minimum Gasteiger partial charge on any atom is -0.480 e. The van der Waals surface area contributed by atoms with Crippen LogP contribution < -0.4 is 0 Å². The normalized spacial score (nSPS) is 19.9. The lowest BCUT2D eigenvalue weighted by Gasteiger charge is -2.20. The molecule has 1 saturated heterocycles.